The minimum atomic E-state index is -4.51. The summed E-state index contributed by atoms with van der Waals surface area (Å²) in [4.78, 5) is 14.0. The van der Waals surface area contributed by atoms with Gasteiger partial charge in [-0.3, -0.25) is 4.79 Å². The summed E-state index contributed by atoms with van der Waals surface area (Å²) in [5.74, 6) is -0.130. The summed E-state index contributed by atoms with van der Waals surface area (Å²) in [5, 5.41) is 0. The first-order chi connectivity index (χ1) is 16.4. The van der Waals surface area contributed by atoms with Gasteiger partial charge < -0.3 is 18.5 Å². The minimum absolute atomic E-state index is 0.0204. The number of alkyl halides is 3. The predicted molar refractivity (Wildman–Crippen MR) is 130 cm³/mol. The topological polar surface area (TPSA) is 54.0 Å². The van der Waals surface area contributed by atoms with Gasteiger partial charge in [0.2, 0.25) is 6.49 Å². The van der Waals surface area contributed by atoms with Crippen molar-refractivity contribution in [1.82, 2.24) is 0 Å². The van der Waals surface area contributed by atoms with Crippen molar-refractivity contribution in [3.05, 3.63) is 34.6 Å². The summed E-state index contributed by atoms with van der Waals surface area (Å²) in [6.45, 7) is 3.87. The molecule has 1 saturated carbocycles. The van der Waals surface area contributed by atoms with Crippen molar-refractivity contribution in [2.75, 3.05) is 26.5 Å². The third kappa shape index (κ3) is 5.80. The summed E-state index contributed by atoms with van der Waals surface area (Å²) in [5.41, 5.74) is 2.88. The molecule has 6 atom stereocenters. The molecule has 3 aliphatic carbocycles. The number of ether oxygens (including phenoxy) is 2. The first-order valence-corrected chi connectivity index (χ1v) is 15.4. The number of rotatable bonds is 8. The van der Waals surface area contributed by atoms with Gasteiger partial charge in [-0.2, -0.15) is 13.2 Å². The van der Waals surface area contributed by atoms with Gasteiger partial charge in [-0.25, -0.2) is 0 Å². The van der Waals surface area contributed by atoms with E-state index in [1.54, 1.807) is 0 Å². The molecule has 196 valence electrons. The van der Waals surface area contributed by atoms with E-state index < -0.39 is 19.3 Å². The van der Waals surface area contributed by atoms with Crippen molar-refractivity contribution in [3.63, 3.8) is 0 Å². The monoisotopic (exact) mass is 534 g/mol. The lowest BCUT2D eigenvalue weighted by Crippen LogP contribution is -2.27. The quantitative estimate of drug-likeness (QED) is 0.340. The van der Waals surface area contributed by atoms with Crippen molar-refractivity contribution < 1.29 is 36.5 Å². The van der Waals surface area contributed by atoms with Gasteiger partial charge in [0.25, 0.3) is 0 Å². The van der Waals surface area contributed by atoms with Crippen LogP contribution in [0.1, 0.15) is 46.5 Å². The molecule has 0 aromatic heterocycles. The van der Waals surface area contributed by atoms with E-state index in [2.05, 4.69) is 32.9 Å². The molecule has 35 heavy (non-hydrogen) atoms. The standard InChI is InChI=1S/C25H34F3O5PS/c1-5-15-9-14(3)10-16(6-2)20(15)21-22(29)18-11-17(24-30-7-8-31-24)12-19(18)23(21)33-34(4,35)32-13-25(26,27)28/h9-10,15,17-20,24H,5-8,11-13H2,1-4H3. The van der Waals surface area contributed by atoms with Crippen LogP contribution in [0, 0.1) is 29.6 Å². The van der Waals surface area contributed by atoms with Gasteiger partial charge >= 0.3 is 6.18 Å². The Morgan fingerprint density at radius 3 is 2.43 bits per heavy atom. The number of allylic oxidation sites excluding steroid dienone is 6. The number of hydrogen-bond donors (Lipinski definition) is 0. The van der Waals surface area contributed by atoms with Gasteiger partial charge in [0.05, 0.1) is 13.2 Å². The van der Waals surface area contributed by atoms with E-state index in [4.69, 9.17) is 30.3 Å². The molecular weight excluding hydrogens is 500 g/mol. The van der Waals surface area contributed by atoms with Crippen molar-refractivity contribution >= 4 is 24.1 Å². The number of halogens is 3. The smallest absolute Gasteiger partial charge is 0.412 e. The van der Waals surface area contributed by atoms with Crippen LogP contribution in [0.5, 0.6) is 0 Å². The van der Waals surface area contributed by atoms with Gasteiger partial charge in [0, 0.05) is 35.9 Å². The van der Waals surface area contributed by atoms with Crippen molar-refractivity contribution in [2.24, 2.45) is 29.6 Å². The molecule has 0 aromatic rings. The molecule has 6 unspecified atom stereocenters. The molecule has 0 radical (unpaired) electrons. The van der Waals surface area contributed by atoms with E-state index in [0.717, 1.165) is 24.0 Å². The van der Waals surface area contributed by atoms with Crippen LogP contribution in [0.2, 0.25) is 0 Å². The number of carbonyl (C=O) groups excluding carboxylic acids is 1. The zero-order valence-electron chi connectivity index (χ0n) is 20.6. The molecule has 0 aromatic carbocycles. The van der Waals surface area contributed by atoms with Crippen LogP contribution in [0.25, 0.3) is 0 Å². The van der Waals surface area contributed by atoms with Gasteiger partial charge in [-0.15, -0.1) is 0 Å². The fraction of sp³-hybridized carbons (Fsp3) is 0.720. The van der Waals surface area contributed by atoms with Crippen molar-refractivity contribution in [1.29, 1.82) is 0 Å². The molecule has 2 fully saturated rings. The normalized spacial score (nSPS) is 33.6. The fourth-order valence-corrected chi connectivity index (χ4v) is 7.51. The molecule has 4 rings (SSSR count). The van der Waals surface area contributed by atoms with Crippen LogP contribution < -0.4 is 0 Å². The van der Waals surface area contributed by atoms with E-state index in [1.165, 1.54) is 6.66 Å². The fourth-order valence-electron chi connectivity index (χ4n) is 6.08. The second-order valence-corrected chi connectivity index (χ2v) is 14.0. The molecule has 0 spiro atoms. The molecule has 4 aliphatic rings. The molecule has 1 aliphatic heterocycles. The van der Waals surface area contributed by atoms with Gasteiger partial charge in [-0.1, -0.05) is 37.1 Å². The Morgan fingerprint density at radius 1 is 1.17 bits per heavy atom. The maximum absolute atomic E-state index is 14.0. The Balaban J connectivity index is 1.72. The Kier molecular flexibility index (Phi) is 8.04. The number of ketones is 1. The average molecular weight is 535 g/mol. The van der Waals surface area contributed by atoms with E-state index >= 15 is 0 Å². The van der Waals surface area contributed by atoms with Crippen LogP contribution in [-0.4, -0.2) is 44.7 Å². The van der Waals surface area contributed by atoms with Crippen LogP contribution >= 0.6 is 6.49 Å². The number of Topliss-reactive ketones (excluding diaryl/α,β-unsaturated/α-hetero) is 1. The number of hydrogen-bond acceptors (Lipinski definition) is 6. The second kappa shape index (κ2) is 10.4. The molecule has 10 heteroatoms. The lowest BCUT2D eigenvalue weighted by atomic mass is 9.72. The summed E-state index contributed by atoms with van der Waals surface area (Å²) in [6.07, 6.45) is 2.23. The van der Waals surface area contributed by atoms with Gasteiger partial charge in [0.1, 0.15) is 5.76 Å². The highest BCUT2D eigenvalue weighted by Crippen LogP contribution is 2.59. The zero-order valence-corrected chi connectivity index (χ0v) is 22.3. The third-order valence-corrected chi connectivity index (χ3v) is 9.14. The molecule has 0 bridgehead atoms. The Morgan fingerprint density at radius 2 is 1.83 bits per heavy atom. The summed E-state index contributed by atoms with van der Waals surface area (Å²) < 4.78 is 61.3. The van der Waals surface area contributed by atoms with Crippen LogP contribution in [0.15, 0.2) is 34.6 Å². The first-order valence-electron chi connectivity index (χ1n) is 12.3. The Bertz CT molecular complexity index is 982. The highest BCUT2D eigenvalue weighted by molar-refractivity contribution is 8.09. The lowest BCUT2D eigenvalue weighted by molar-refractivity contribution is -0.153. The summed E-state index contributed by atoms with van der Waals surface area (Å²) in [6, 6.07) is 0. The average Bonchev–Trinajstić information content (AvgIpc) is 3.50. The molecule has 1 heterocycles. The summed E-state index contributed by atoms with van der Waals surface area (Å²) in [7, 11) is 0. The van der Waals surface area contributed by atoms with E-state index in [9.17, 15) is 18.0 Å². The second-order valence-electron chi connectivity index (χ2n) is 9.98. The van der Waals surface area contributed by atoms with E-state index in [0.29, 0.717) is 37.4 Å². The van der Waals surface area contributed by atoms with Crippen molar-refractivity contribution in [2.45, 2.75) is 58.9 Å². The van der Waals surface area contributed by atoms with Gasteiger partial charge in [0.15, 0.2) is 18.7 Å². The van der Waals surface area contributed by atoms with E-state index in [1.807, 2.05) is 0 Å². The minimum Gasteiger partial charge on any atom is -0.447 e. The Labute approximate surface area is 210 Å². The number of fused-ring (bicyclic) bond motifs is 1. The Hall–Kier alpha value is -0.990. The maximum atomic E-state index is 14.0. The predicted octanol–water partition coefficient (Wildman–Crippen LogP) is 6.31. The first kappa shape index (κ1) is 27.1. The van der Waals surface area contributed by atoms with E-state index in [-0.39, 0.29) is 41.7 Å². The highest BCUT2D eigenvalue weighted by Gasteiger charge is 2.54. The van der Waals surface area contributed by atoms with Crippen molar-refractivity contribution in [3.8, 4) is 0 Å². The maximum Gasteiger partial charge on any atom is 0.412 e. The SMILES string of the molecule is CCC1=CC(C)=CC(CC)C1C1=C(OP(C)(=S)OCC(F)(F)F)C2CC(C3OCCO3)CC2C1=O. The lowest BCUT2D eigenvalue weighted by Gasteiger charge is -2.33. The largest absolute Gasteiger partial charge is 0.447 e. The van der Waals surface area contributed by atoms with Gasteiger partial charge in [-0.05, 0) is 50.3 Å². The number of carbonyl (C=O) groups is 1. The molecule has 1 saturated heterocycles. The molecular formula is C25H34F3O5PS. The third-order valence-electron chi connectivity index (χ3n) is 7.47. The molecule has 0 N–H and O–H groups in total. The summed E-state index contributed by atoms with van der Waals surface area (Å²) >= 11 is 5.42. The molecule has 5 nitrogen and oxygen atoms in total. The van der Waals surface area contributed by atoms with Crippen LogP contribution in [0.4, 0.5) is 13.2 Å². The highest BCUT2D eigenvalue weighted by atomic mass is 32.5. The zero-order chi connectivity index (χ0) is 25.5. The van der Waals surface area contributed by atoms with Crippen LogP contribution in [-0.2, 0) is 35.1 Å². The molecule has 0 amide bonds. The van der Waals surface area contributed by atoms with Crippen LogP contribution in [0.3, 0.4) is 0 Å².